The van der Waals surface area contributed by atoms with Crippen molar-refractivity contribution in [1.29, 1.82) is 0 Å². The Morgan fingerprint density at radius 1 is 1.18 bits per heavy atom. The predicted molar refractivity (Wildman–Crippen MR) is 106 cm³/mol. The molecule has 2 aliphatic rings. The molecule has 0 bridgehead atoms. The van der Waals surface area contributed by atoms with Crippen LogP contribution in [0, 0.1) is 5.92 Å². The fourth-order valence-electron chi connectivity index (χ4n) is 3.82. The quantitative estimate of drug-likeness (QED) is 0.706. The lowest BCUT2D eigenvalue weighted by Gasteiger charge is -2.33. The fraction of sp³-hybridized carbons (Fsp3) is 0.619. The number of hydrogen-bond acceptors (Lipinski definition) is 5. The number of benzene rings is 1. The van der Waals surface area contributed by atoms with Gasteiger partial charge in [0.25, 0.3) is 0 Å². The highest BCUT2D eigenvalue weighted by Gasteiger charge is 2.26. The zero-order valence-electron chi connectivity index (χ0n) is 16.6. The molecule has 2 N–H and O–H groups in total. The molecule has 0 radical (unpaired) electrons. The third-order valence-electron chi connectivity index (χ3n) is 5.46. The summed E-state index contributed by atoms with van der Waals surface area (Å²) in [7, 11) is 1.62. The molecule has 2 heterocycles. The maximum atomic E-state index is 12.5. The van der Waals surface area contributed by atoms with Crippen molar-refractivity contribution in [3.05, 3.63) is 24.3 Å². The highest BCUT2D eigenvalue weighted by atomic mass is 16.5. The first-order chi connectivity index (χ1) is 13.7. The smallest absolute Gasteiger partial charge is 0.237 e. The molecule has 0 aliphatic carbocycles. The summed E-state index contributed by atoms with van der Waals surface area (Å²) in [6.07, 6.45) is 4.35. The normalized spacial score (nSPS) is 22.0. The van der Waals surface area contributed by atoms with Crippen LogP contribution in [0.1, 0.15) is 32.1 Å². The number of carbonyl (C=O) groups is 2. The minimum atomic E-state index is -0.0450. The van der Waals surface area contributed by atoms with Crippen LogP contribution >= 0.6 is 0 Å². The molecule has 2 amide bonds. The van der Waals surface area contributed by atoms with Gasteiger partial charge < -0.3 is 25.0 Å². The van der Waals surface area contributed by atoms with Crippen LogP contribution in [0.3, 0.4) is 0 Å². The molecule has 2 atom stereocenters. The molecule has 1 aromatic carbocycles. The maximum absolute atomic E-state index is 12.5. The Hall–Kier alpha value is -2.28. The van der Waals surface area contributed by atoms with E-state index in [1.165, 1.54) is 0 Å². The molecule has 28 heavy (non-hydrogen) atoms. The molecule has 7 nitrogen and oxygen atoms in total. The first-order valence-corrected chi connectivity index (χ1v) is 10.2. The average Bonchev–Trinajstić information content (AvgIpc) is 3.28. The number of carbonyl (C=O) groups excluding carboxylic acids is 2. The molecular weight excluding hydrogens is 358 g/mol. The minimum Gasteiger partial charge on any atom is -0.497 e. The maximum Gasteiger partial charge on any atom is 0.237 e. The summed E-state index contributed by atoms with van der Waals surface area (Å²) in [6, 6.07) is 7.30. The van der Waals surface area contributed by atoms with Crippen molar-refractivity contribution in [1.82, 2.24) is 15.5 Å². The van der Waals surface area contributed by atoms with Gasteiger partial charge in [-0.25, -0.2) is 0 Å². The molecule has 0 spiro atoms. The van der Waals surface area contributed by atoms with Gasteiger partial charge in [0, 0.05) is 19.6 Å². The van der Waals surface area contributed by atoms with Crippen molar-refractivity contribution in [3.63, 3.8) is 0 Å². The second-order valence-corrected chi connectivity index (χ2v) is 7.52. The Labute approximate surface area is 166 Å². The fourth-order valence-corrected chi connectivity index (χ4v) is 3.82. The highest BCUT2D eigenvalue weighted by Crippen LogP contribution is 2.19. The first-order valence-electron chi connectivity index (χ1n) is 10.2. The number of hydrogen-bond donors (Lipinski definition) is 2. The van der Waals surface area contributed by atoms with Crippen LogP contribution in [0.25, 0.3) is 0 Å². The highest BCUT2D eigenvalue weighted by molar-refractivity contribution is 5.82. The van der Waals surface area contributed by atoms with Crippen LogP contribution in [0.15, 0.2) is 24.3 Å². The molecule has 0 saturated carbocycles. The van der Waals surface area contributed by atoms with E-state index in [1.807, 2.05) is 29.2 Å². The van der Waals surface area contributed by atoms with E-state index in [9.17, 15) is 9.59 Å². The third kappa shape index (κ3) is 5.86. The van der Waals surface area contributed by atoms with Crippen LogP contribution in [-0.2, 0) is 9.59 Å². The average molecular weight is 389 g/mol. The monoisotopic (exact) mass is 389 g/mol. The van der Waals surface area contributed by atoms with E-state index in [0.29, 0.717) is 32.0 Å². The molecule has 3 rings (SSSR count). The number of likely N-dealkylation sites (tertiary alicyclic amines) is 1. The SMILES string of the molecule is COc1ccc(OCCC(=O)N2CCCC(CNC(=O)C3CCCN3)C2)cc1. The van der Waals surface area contributed by atoms with Gasteiger partial charge in [0.2, 0.25) is 11.8 Å². The Morgan fingerprint density at radius 2 is 1.96 bits per heavy atom. The van der Waals surface area contributed by atoms with Crippen molar-refractivity contribution >= 4 is 11.8 Å². The molecule has 2 saturated heterocycles. The number of nitrogens with one attached hydrogen (secondary N) is 2. The van der Waals surface area contributed by atoms with Crippen molar-refractivity contribution in [3.8, 4) is 11.5 Å². The van der Waals surface area contributed by atoms with Gasteiger partial charge in [-0.3, -0.25) is 9.59 Å². The lowest BCUT2D eigenvalue weighted by Crippen LogP contribution is -2.46. The van der Waals surface area contributed by atoms with Gasteiger partial charge in [0.05, 0.1) is 26.2 Å². The molecule has 1 aromatic rings. The lowest BCUT2D eigenvalue weighted by molar-refractivity contribution is -0.133. The van der Waals surface area contributed by atoms with E-state index in [4.69, 9.17) is 9.47 Å². The zero-order chi connectivity index (χ0) is 19.8. The number of rotatable bonds is 8. The number of nitrogens with zero attached hydrogens (tertiary/aromatic N) is 1. The summed E-state index contributed by atoms with van der Waals surface area (Å²) in [5, 5.41) is 6.27. The third-order valence-corrected chi connectivity index (χ3v) is 5.46. The van der Waals surface area contributed by atoms with Crippen LogP contribution in [0.5, 0.6) is 11.5 Å². The Bertz CT molecular complexity index is 644. The Kier molecular flexibility index (Phi) is 7.54. The lowest BCUT2D eigenvalue weighted by atomic mass is 9.97. The van der Waals surface area contributed by atoms with Gasteiger partial charge in [-0.15, -0.1) is 0 Å². The largest absolute Gasteiger partial charge is 0.497 e. The van der Waals surface area contributed by atoms with Gasteiger partial charge >= 0.3 is 0 Å². The number of amides is 2. The summed E-state index contributed by atoms with van der Waals surface area (Å²) in [5.74, 6) is 2.04. The molecule has 154 valence electrons. The summed E-state index contributed by atoms with van der Waals surface area (Å²) in [4.78, 5) is 26.6. The molecule has 2 unspecified atom stereocenters. The van der Waals surface area contributed by atoms with E-state index >= 15 is 0 Å². The Morgan fingerprint density at radius 3 is 2.68 bits per heavy atom. The summed E-state index contributed by atoms with van der Waals surface area (Å²) < 4.78 is 10.8. The molecule has 0 aromatic heterocycles. The van der Waals surface area contributed by atoms with Crippen LogP contribution in [-0.4, -0.2) is 62.7 Å². The van der Waals surface area contributed by atoms with Crippen molar-refractivity contribution in [2.75, 3.05) is 39.9 Å². The van der Waals surface area contributed by atoms with E-state index in [2.05, 4.69) is 10.6 Å². The van der Waals surface area contributed by atoms with Crippen LogP contribution < -0.4 is 20.1 Å². The topological polar surface area (TPSA) is 79.9 Å². The van der Waals surface area contributed by atoms with E-state index in [0.717, 1.165) is 50.3 Å². The van der Waals surface area contributed by atoms with Gasteiger partial charge in [-0.1, -0.05) is 0 Å². The van der Waals surface area contributed by atoms with E-state index in [-0.39, 0.29) is 17.9 Å². The first kappa shape index (κ1) is 20.5. The zero-order valence-corrected chi connectivity index (χ0v) is 16.6. The summed E-state index contributed by atoms with van der Waals surface area (Å²) >= 11 is 0. The summed E-state index contributed by atoms with van der Waals surface area (Å²) in [5.41, 5.74) is 0. The Balaban J connectivity index is 1.36. The van der Waals surface area contributed by atoms with Gasteiger partial charge in [-0.2, -0.15) is 0 Å². The second kappa shape index (κ2) is 10.3. The number of ether oxygens (including phenoxy) is 2. The van der Waals surface area contributed by atoms with E-state index in [1.54, 1.807) is 7.11 Å². The molecule has 7 heteroatoms. The number of piperidine rings is 1. The van der Waals surface area contributed by atoms with Gasteiger partial charge in [0.1, 0.15) is 11.5 Å². The minimum absolute atomic E-state index is 0.0450. The van der Waals surface area contributed by atoms with Crippen LogP contribution in [0.4, 0.5) is 0 Å². The number of methoxy groups -OCH3 is 1. The van der Waals surface area contributed by atoms with Crippen molar-refractivity contribution in [2.24, 2.45) is 5.92 Å². The van der Waals surface area contributed by atoms with E-state index < -0.39 is 0 Å². The standard InChI is InChI=1S/C21H31N3O4/c1-27-17-6-8-18(9-7-17)28-13-10-20(25)24-12-3-4-16(15-24)14-23-21(26)19-5-2-11-22-19/h6-9,16,19,22H,2-5,10-15H2,1H3,(H,23,26). The molecular formula is C21H31N3O4. The second-order valence-electron chi connectivity index (χ2n) is 7.52. The predicted octanol–water partition coefficient (Wildman–Crippen LogP) is 1.57. The van der Waals surface area contributed by atoms with Gasteiger partial charge in [0.15, 0.2) is 0 Å². The van der Waals surface area contributed by atoms with Crippen molar-refractivity contribution in [2.45, 2.75) is 38.1 Å². The summed E-state index contributed by atoms with van der Waals surface area (Å²) in [6.45, 7) is 3.41. The van der Waals surface area contributed by atoms with Crippen LogP contribution in [0.2, 0.25) is 0 Å². The van der Waals surface area contributed by atoms with Crippen molar-refractivity contribution < 1.29 is 19.1 Å². The molecule has 2 aliphatic heterocycles. The van der Waals surface area contributed by atoms with Gasteiger partial charge in [-0.05, 0) is 62.4 Å². The molecule has 2 fully saturated rings.